The first kappa shape index (κ1) is 58.6. The van der Waals surface area contributed by atoms with E-state index >= 15 is 0 Å². The Kier molecular flexibility index (Phi) is 48.2. The van der Waals surface area contributed by atoms with Gasteiger partial charge in [0.2, 0.25) is 5.91 Å². The molecular formula is C55H99NO5. The highest BCUT2D eigenvalue weighted by Crippen LogP contribution is 2.14. The van der Waals surface area contributed by atoms with Crippen LogP contribution in [-0.4, -0.2) is 47.4 Å². The number of rotatable bonds is 47. The van der Waals surface area contributed by atoms with Crippen LogP contribution in [0.15, 0.2) is 60.8 Å². The molecule has 6 heteroatoms. The molecule has 0 aromatic heterocycles. The topological polar surface area (TPSA) is 95.9 Å². The Hall–Kier alpha value is -2.44. The molecule has 354 valence electrons. The van der Waals surface area contributed by atoms with Crippen LogP contribution in [0.4, 0.5) is 0 Å². The van der Waals surface area contributed by atoms with E-state index in [0.29, 0.717) is 19.4 Å². The molecule has 6 nitrogen and oxygen atoms in total. The van der Waals surface area contributed by atoms with Crippen molar-refractivity contribution in [3.05, 3.63) is 60.8 Å². The van der Waals surface area contributed by atoms with Crippen molar-refractivity contribution in [1.82, 2.24) is 5.32 Å². The Morgan fingerprint density at radius 3 is 1.39 bits per heavy atom. The first-order valence-electron chi connectivity index (χ1n) is 26.1. The molecule has 3 N–H and O–H groups in total. The maximum atomic E-state index is 12.4. The van der Waals surface area contributed by atoms with Gasteiger partial charge in [0.05, 0.1) is 25.4 Å². The van der Waals surface area contributed by atoms with Gasteiger partial charge in [0, 0.05) is 12.8 Å². The second kappa shape index (κ2) is 50.2. The largest absolute Gasteiger partial charge is 0.466 e. The number of aliphatic hydroxyl groups is 2. The van der Waals surface area contributed by atoms with Gasteiger partial charge in [-0.15, -0.1) is 0 Å². The van der Waals surface area contributed by atoms with E-state index in [4.69, 9.17) is 4.74 Å². The lowest BCUT2D eigenvalue weighted by molar-refractivity contribution is -0.143. The zero-order valence-corrected chi connectivity index (χ0v) is 40.1. The third kappa shape index (κ3) is 46.9. The Labute approximate surface area is 378 Å². The minimum Gasteiger partial charge on any atom is -0.466 e. The highest BCUT2D eigenvalue weighted by molar-refractivity contribution is 5.76. The first-order chi connectivity index (χ1) is 30.0. The molecule has 0 aliphatic heterocycles. The number of hydrogen-bond acceptors (Lipinski definition) is 5. The van der Waals surface area contributed by atoms with E-state index < -0.39 is 12.1 Å². The second-order valence-corrected chi connectivity index (χ2v) is 17.5. The van der Waals surface area contributed by atoms with Crippen LogP contribution in [0.1, 0.15) is 251 Å². The molecule has 0 saturated carbocycles. The smallest absolute Gasteiger partial charge is 0.305 e. The van der Waals surface area contributed by atoms with E-state index in [-0.39, 0.29) is 18.5 Å². The maximum Gasteiger partial charge on any atom is 0.305 e. The van der Waals surface area contributed by atoms with Crippen LogP contribution < -0.4 is 5.32 Å². The van der Waals surface area contributed by atoms with Gasteiger partial charge in [-0.25, -0.2) is 0 Å². The summed E-state index contributed by atoms with van der Waals surface area (Å²) in [7, 11) is 0. The molecule has 0 radical (unpaired) electrons. The summed E-state index contributed by atoms with van der Waals surface area (Å²) in [6.07, 6.45) is 63.7. The molecule has 0 rings (SSSR count). The lowest BCUT2D eigenvalue weighted by Gasteiger charge is -2.20. The van der Waals surface area contributed by atoms with E-state index in [1.54, 1.807) is 6.08 Å². The summed E-state index contributed by atoms with van der Waals surface area (Å²) < 4.78 is 5.43. The first-order valence-corrected chi connectivity index (χ1v) is 26.1. The van der Waals surface area contributed by atoms with Crippen LogP contribution in [0.5, 0.6) is 0 Å². The minimum absolute atomic E-state index is 0.0301. The Morgan fingerprint density at radius 2 is 0.885 bits per heavy atom. The summed E-state index contributed by atoms with van der Waals surface area (Å²) in [4.78, 5) is 24.4. The Morgan fingerprint density at radius 1 is 0.475 bits per heavy atom. The van der Waals surface area contributed by atoms with Crippen LogP contribution in [0.3, 0.4) is 0 Å². The quantitative estimate of drug-likeness (QED) is 0.0245. The van der Waals surface area contributed by atoms with Crippen molar-refractivity contribution >= 4 is 11.9 Å². The third-order valence-corrected chi connectivity index (χ3v) is 11.5. The van der Waals surface area contributed by atoms with Crippen molar-refractivity contribution < 1.29 is 24.5 Å². The summed E-state index contributed by atoms with van der Waals surface area (Å²) in [6, 6.07) is -0.635. The van der Waals surface area contributed by atoms with Crippen molar-refractivity contribution in [3.63, 3.8) is 0 Å². The van der Waals surface area contributed by atoms with Crippen LogP contribution in [0.2, 0.25) is 0 Å². The molecule has 1 amide bonds. The van der Waals surface area contributed by atoms with Gasteiger partial charge in [-0.05, 0) is 89.9 Å². The minimum atomic E-state index is -0.851. The van der Waals surface area contributed by atoms with Crippen molar-refractivity contribution in [3.8, 4) is 0 Å². The average Bonchev–Trinajstić information content (AvgIpc) is 3.26. The SMILES string of the molecule is CCCC/C=C\C/C=C\CCCCCCCC(=O)OCCCCC/C=C\C=C/CCCCCCCCCCCCC(=O)NC(CO)C(O)/C=C/CCCCCCCCCCC. The number of amides is 1. The van der Waals surface area contributed by atoms with Crippen LogP contribution in [0, 0.1) is 0 Å². The van der Waals surface area contributed by atoms with Crippen LogP contribution in [0.25, 0.3) is 0 Å². The van der Waals surface area contributed by atoms with Crippen LogP contribution >= 0.6 is 0 Å². The molecule has 61 heavy (non-hydrogen) atoms. The number of esters is 1. The fourth-order valence-corrected chi connectivity index (χ4v) is 7.46. The molecule has 2 unspecified atom stereocenters. The molecule has 0 aromatic carbocycles. The van der Waals surface area contributed by atoms with Crippen molar-refractivity contribution in [2.75, 3.05) is 13.2 Å². The van der Waals surface area contributed by atoms with Gasteiger partial charge < -0.3 is 20.3 Å². The van der Waals surface area contributed by atoms with E-state index in [1.807, 2.05) is 6.08 Å². The summed E-state index contributed by atoms with van der Waals surface area (Å²) in [5.74, 6) is -0.111. The van der Waals surface area contributed by atoms with E-state index in [9.17, 15) is 19.8 Å². The highest BCUT2D eigenvalue weighted by Gasteiger charge is 2.18. The predicted octanol–water partition coefficient (Wildman–Crippen LogP) is 15.6. The summed E-state index contributed by atoms with van der Waals surface area (Å²) in [5.41, 5.74) is 0. The fraction of sp³-hybridized carbons (Fsp3) is 0.782. The number of hydrogen-bond donors (Lipinski definition) is 3. The number of allylic oxidation sites excluding steroid dienone is 9. The summed E-state index contributed by atoms with van der Waals surface area (Å²) in [5, 5.41) is 23.0. The normalized spacial score (nSPS) is 13.2. The number of aliphatic hydroxyl groups excluding tert-OH is 2. The molecular weight excluding hydrogens is 755 g/mol. The fourth-order valence-electron chi connectivity index (χ4n) is 7.46. The summed E-state index contributed by atoms with van der Waals surface area (Å²) >= 11 is 0. The van der Waals surface area contributed by atoms with E-state index in [0.717, 1.165) is 89.9 Å². The van der Waals surface area contributed by atoms with Crippen molar-refractivity contribution in [2.45, 2.75) is 264 Å². The molecule has 0 saturated heterocycles. The van der Waals surface area contributed by atoms with Gasteiger partial charge in [0.15, 0.2) is 0 Å². The molecule has 0 spiro atoms. The molecule has 0 fully saturated rings. The average molecular weight is 854 g/mol. The molecule has 0 heterocycles. The second-order valence-electron chi connectivity index (χ2n) is 17.5. The van der Waals surface area contributed by atoms with E-state index in [2.05, 4.69) is 67.8 Å². The van der Waals surface area contributed by atoms with E-state index in [1.165, 1.54) is 135 Å². The predicted molar refractivity (Wildman–Crippen MR) is 264 cm³/mol. The Bertz CT molecular complexity index is 1080. The summed E-state index contributed by atoms with van der Waals surface area (Å²) in [6.45, 7) is 4.78. The van der Waals surface area contributed by atoms with Crippen LogP contribution in [-0.2, 0) is 14.3 Å². The molecule has 2 atom stereocenters. The third-order valence-electron chi connectivity index (χ3n) is 11.5. The number of carbonyl (C=O) groups excluding carboxylic acids is 2. The van der Waals surface area contributed by atoms with Crippen molar-refractivity contribution in [2.24, 2.45) is 0 Å². The lowest BCUT2D eigenvalue weighted by atomic mass is 10.0. The number of unbranched alkanes of at least 4 members (excludes halogenated alkanes) is 29. The zero-order valence-electron chi connectivity index (χ0n) is 40.1. The van der Waals surface area contributed by atoms with Gasteiger partial charge in [-0.1, -0.05) is 209 Å². The zero-order chi connectivity index (χ0) is 44.4. The Balaban J connectivity index is 3.52. The van der Waals surface area contributed by atoms with Gasteiger partial charge in [0.1, 0.15) is 0 Å². The molecule has 0 aromatic rings. The molecule has 0 aliphatic rings. The number of carbonyl (C=O) groups is 2. The number of nitrogens with one attached hydrogen (secondary N) is 1. The maximum absolute atomic E-state index is 12.4. The van der Waals surface area contributed by atoms with Gasteiger partial charge >= 0.3 is 5.97 Å². The van der Waals surface area contributed by atoms with Crippen molar-refractivity contribution in [1.29, 1.82) is 0 Å². The highest BCUT2D eigenvalue weighted by atomic mass is 16.5. The standard InChI is InChI=1S/C55H99NO5/c1-3-5-7-9-11-13-15-16-25-29-33-37-41-45-49-55(60)61-50-46-42-38-34-30-26-23-21-19-17-18-20-22-24-28-32-36-40-44-48-54(59)56-52(51-57)53(58)47-43-39-35-31-27-14-12-10-8-6-4-2/h9,11,15-16,21,23,26,30,43,47,52-53,57-58H,3-8,10,12-14,17-20,22,24-25,27-29,31-42,44-46,48-51H2,1-2H3,(H,56,59)/b11-9-,16-15-,23-21-,30-26-,47-43+. The van der Waals surface area contributed by atoms with Gasteiger partial charge in [-0.3, -0.25) is 9.59 Å². The molecule has 0 bridgehead atoms. The van der Waals surface area contributed by atoms with Gasteiger partial charge in [-0.2, -0.15) is 0 Å². The monoisotopic (exact) mass is 854 g/mol. The lowest BCUT2D eigenvalue weighted by Crippen LogP contribution is -2.45. The molecule has 0 aliphatic carbocycles. The number of ether oxygens (including phenoxy) is 1. The van der Waals surface area contributed by atoms with Gasteiger partial charge in [0.25, 0.3) is 0 Å².